The number of hydrogen-bond donors (Lipinski definition) is 1. The standard InChI is InChI=1S/C6H6O.CH2O.Cu/c7-6-4-2-1-3-5-6;1-2;/h1-5,7H;1H2;. The Morgan fingerprint density at radius 3 is 1.70 bits per heavy atom. The molecule has 0 saturated carbocycles. The number of phenols is 1. The summed E-state index contributed by atoms with van der Waals surface area (Å²) in [6.45, 7) is 2.00. The molecular formula is C7H8CuO2. The first-order valence-electron chi connectivity index (χ1n) is 2.42. The molecule has 0 heterocycles. The van der Waals surface area contributed by atoms with E-state index in [0.29, 0.717) is 5.75 Å². The summed E-state index contributed by atoms with van der Waals surface area (Å²) in [6, 6.07) is 8.71. The van der Waals surface area contributed by atoms with Gasteiger partial charge in [-0.25, -0.2) is 0 Å². The number of hydrogen-bond acceptors (Lipinski definition) is 2. The Labute approximate surface area is 70.4 Å². The molecule has 0 aromatic heterocycles. The molecule has 1 aromatic carbocycles. The number of carbonyl (C=O) groups is 1. The van der Waals surface area contributed by atoms with E-state index in [4.69, 9.17) is 9.90 Å². The van der Waals surface area contributed by atoms with Crippen molar-refractivity contribution < 1.29 is 27.0 Å². The summed E-state index contributed by atoms with van der Waals surface area (Å²) in [4.78, 5) is 8.00. The third kappa shape index (κ3) is 5.35. The van der Waals surface area contributed by atoms with Gasteiger partial charge in [0.05, 0.1) is 0 Å². The van der Waals surface area contributed by atoms with Crippen molar-refractivity contribution in [3.63, 3.8) is 0 Å². The molecule has 0 aliphatic carbocycles. The van der Waals surface area contributed by atoms with Gasteiger partial charge in [0.25, 0.3) is 0 Å². The summed E-state index contributed by atoms with van der Waals surface area (Å²) < 4.78 is 0. The molecule has 0 saturated heterocycles. The Hall–Kier alpha value is -0.791. The molecule has 1 aromatic rings. The van der Waals surface area contributed by atoms with Crippen LogP contribution in [-0.2, 0) is 21.9 Å². The van der Waals surface area contributed by atoms with E-state index in [1.807, 2.05) is 12.9 Å². The fourth-order valence-corrected chi connectivity index (χ4v) is 0.428. The van der Waals surface area contributed by atoms with Gasteiger partial charge in [0, 0.05) is 17.1 Å². The third-order valence-electron chi connectivity index (χ3n) is 0.756. The molecule has 10 heavy (non-hydrogen) atoms. The van der Waals surface area contributed by atoms with Crippen molar-refractivity contribution in [1.29, 1.82) is 0 Å². The Balaban J connectivity index is 0. The summed E-state index contributed by atoms with van der Waals surface area (Å²) >= 11 is 0. The number of carbonyl (C=O) groups excluding carboxylic acids is 1. The Morgan fingerprint density at radius 1 is 1.10 bits per heavy atom. The van der Waals surface area contributed by atoms with Gasteiger partial charge in [0.1, 0.15) is 12.5 Å². The van der Waals surface area contributed by atoms with E-state index in [1.165, 1.54) is 0 Å². The molecule has 1 N–H and O–H groups in total. The smallest absolute Gasteiger partial charge is 0.115 e. The molecule has 1 radical (unpaired) electrons. The maximum Gasteiger partial charge on any atom is 0.115 e. The molecule has 0 aliphatic heterocycles. The second-order valence-electron chi connectivity index (χ2n) is 1.34. The molecule has 1 rings (SSSR count). The van der Waals surface area contributed by atoms with Crippen LogP contribution in [0.2, 0.25) is 0 Å². The molecule has 0 spiro atoms. The van der Waals surface area contributed by atoms with Crippen molar-refractivity contribution in [2.45, 2.75) is 0 Å². The monoisotopic (exact) mass is 187 g/mol. The van der Waals surface area contributed by atoms with Crippen LogP contribution in [0.3, 0.4) is 0 Å². The third-order valence-corrected chi connectivity index (χ3v) is 0.756. The van der Waals surface area contributed by atoms with Gasteiger partial charge in [-0.15, -0.1) is 0 Å². The van der Waals surface area contributed by atoms with Gasteiger partial charge < -0.3 is 9.90 Å². The minimum atomic E-state index is 0. The Kier molecular flexibility index (Phi) is 9.80. The van der Waals surface area contributed by atoms with Crippen LogP contribution in [0.5, 0.6) is 5.75 Å². The molecule has 0 aliphatic rings. The van der Waals surface area contributed by atoms with Crippen LogP contribution in [0.1, 0.15) is 0 Å². The van der Waals surface area contributed by atoms with E-state index in [2.05, 4.69) is 0 Å². The second kappa shape index (κ2) is 8.21. The molecule has 0 unspecified atom stereocenters. The fourth-order valence-electron chi connectivity index (χ4n) is 0.428. The maximum absolute atomic E-state index is 8.63. The molecule has 0 fully saturated rings. The van der Waals surface area contributed by atoms with Crippen LogP contribution in [-0.4, -0.2) is 11.9 Å². The SMILES string of the molecule is C=O.Oc1ccccc1.[Cu]. The summed E-state index contributed by atoms with van der Waals surface area (Å²) in [5.41, 5.74) is 0. The van der Waals surface area contributed by atoms with Crippen molar-refractivity contribution in [3.8, 4) is 5.75 Å². The van der Waals surface area contributed by atoms with E-state index in [1.54, 1.807) is 24.3 Å². The summed E-state index contributed by atoms with van der Waals surface area (Å²) in [7, 11) is 0. The van der Waals surface area contributed by atoms with E-state index >= 15 is 0 Å². The number of benzene rings is 1. The van der Waals surface area contributed by atoms with Crippen LogP contribution in [0.4, 0.5) is 0 Å². The van der Waals surface area contributed by atoms with Crippen molar-refractivity contribution in [2.75, 3.05) is 0 Å². The maximum atomic E-state index is 8.63. The van der Waals surface area contributed by atoms with Gasteiger partial charge in [-0.3, -0.25) is 0 Å². The van der Waals surface area contributed by atoms with Crippen LogP contribution < -0.4 is 0 Å². The minimum Gasteiger partial charge on any atom is -0.508 e. The average Bonchev–Trinajstić information content (AvgIpc) is 1.94. The number of rotatable bonds is 0. The minimum absolute atomic E-state index is 0. The molecule has 0 amide bonds. The van der Waals surface area contributed by atoms with E-state index in [9.17, 15) is 0 Å². The summed E-state index contributed by atoms with van der Waals surface area (Å²) in [6.07, 6.45) is 0. The van der Waals surface area contributed by atoms with E-state index < -0.39 is 0 Å². The van der Waals surface area contributed by atoms with Crippen molar-refractivity contribution >= 4 is 6.79 Å². The van der Waals surface area contributed by atoms with Crippen LogP contribution in [0, 0.1) is 0 Å². The Morgan fingerprint density at radius 2 is 1.50 bits per heavy atom. The second-order valence-corrected chi connectivity index (χ2v) is 1.34. The van der Waals surface area contributed by atoms with Gasteiger partial charge in [0.2, 0.25) is 0 Å². The van der Waals surface area contributed by atoms with Gasteiger partial charge >= 0.3 is 0 Å². The van der Waals surface area contributed by atoms with E-state index in [-0.39, 0.29) is 17.1 Å². The molecule has 3 heteroatoms. The zero-order chi connectivity index (χ0) is 7.11. The average molecular weight is 188 g/mol. The first-order chi connectivity index (χ1) is 4.39. The molecular weight excluding hydrogens is 180 g/mol. The topological polar surface area (TPSA) is 37.3 Å². The molecule has 59 valence electrons. The zero-order valence-electron chi connectivity index (χ0n) is 5.25. The molecule has 0 atom stereocenters. The van der Waals surface area contributed by atoms with Crippen LogP contribution >= 0.6 is 0 Å². The van der Waals surface area contributed by atoms with Crippen LogP contribution in [0.15, 0.2) is 30.3 Å². The number of aromatic hydroxyl groups is 1. The van der Waals surface area contributed by atoms with Crippen LogP contribution in [0.25, 0.3) is 0 Å². The van der Waals surface area contributed by atoms with E-state index in [0.717, 1.165) is 0 Å². The summed E-state index contributed by atoms with van der Waals surface area (Å²) in [5, 5.41) is 8.63. The quantitative estimate of drug-likeness (QED) is 0.620. The predicted molar refractivity (Wildman–Crippen MR) is 35.2 cm³/mol. The largest absolute Gasteiger partial charge is 0.508 e. The number of phenolic OH excluding ortho intramolecular Hbond substituents is 1. The first kappa shape index (κ1) is 11.9. The van der Waals surface area contributed by atoms with Crippen molar-refractivity contribution in [2.24, 2.45) is 0 Å². The Bertz CT molecular complexity index is 153. The fraction of sp³-hybridized carbons (Fsp3) is 0. The summed E-state index contributed by atoms with van der Waals surface area (Å²) in [5.74, 6) is 0.322. The first-order valence-corrected chi connectivity index (χ1v) is 2.42. The molecule has 2 nitrogen and oxygen atoms in total. The normalized spacial score (nSPS) is 6.40. The van der Waals surface area contributed by atoms with Gasteiger partial charge in [-0.1, -0.05) is 18.2 Å². The van der Waals surface area contributed by atoms with Gasteiger partial charge in [0.15, 0.2) is 0 Å². The molecule has 0 bridgehead atoms. The number of para-hydroxylation sites is 1. The van der Waals surface area contributed by atoms with Crippen molar-refractivity contribution in [3.05, 3.63) is 30.3 Å². The van der Waals surface area contributed by atoms with Crippen molar-refractivity contribution in [1.82, 2.24) is 0 Å². The zero-order valence-corrected chi connectivity index (χ0v) is 6.19. The van der Waals surface area contributed by atoms with Gasteiger partial charge in [-0.2, -0.15) is 0 Å². The predicted octanol–water partition coefficient (Wildman–Crippen LogP) is 1.20. The van der Waals surface area contributed by atoms with Gasteiger partial charge in [-0.05, 0) is 12.1 Å².